The Hall–Kier alpha value is -2.44. The van der Waals surface area contributed by atoms with Crippen molar-refractivity contribution in [1.29, 1.82) is 0 Å². The van der Waals surface area contributed by atoms with Gasteiger partial charge in [-0.3, -0.25) is 10.1 Å². The zero-order chi connectivity index (χ0) is 13.8. The molecule has 0 bridgehead atoms. The summed E-state index contributed by atoms with van der Waals surface area (Å²) in [5.74, 6) is 0.420. The predicted octanol–water partition coefficient (Wildman–Crippen LogP) is 1.56. The summed E-state index contributed by atoms with van der Waals surface area (Å²) in [4.78, 5) is 20.1. The lowest BCUT2D eigenvalue weighted by atomic mass is 10.1. The van der Waals surface area contributed by atoms with E-state index >= 15 is 0 Å². The monoisotopic (exact) mass is 261 g/mol. The number of pyridine rings is 1. The number of aryl methyl sites for hydroxylation is 2. The van der Waals surface area contributed by atoms with Crippen LogP contribution >= 0.6 is 0 Å². The van der Waals surface area contributed by atoms with Crippen LogP contribution < -0.4 is 11.1 Å². The molecule has 0 atom stereocenters. The molecule has 2 aromatic heterocycles. The smallest absolute Gasteiger partial charge is 0.328 e. The van der Waals surface area contributed by atoms with Gasteiger partial charge in [0.1, 0.15) is 5.82 Å². The van der Waals surface area contributed by atoms with Gasteiger partial charge in [0, 0.05) is 11.3 Å². The largest absolute Gasteiger partial charge is 0.384 e. The van der Waals surface area contributed by atoms with Gasteiger partial charge >= 0.3 is 6.01 Å². The van der Waals surface area contributed by atoms with E-state index < -0.39 is 0 Å². The summed E-state index contributed by atoms with van der Waals surface area (Å²) in [7, 11) is 0. The Kier molecular flexibility index (Phi) is 3.74. The molecule has 7 heteroatoms. The number of nitrogen functional groups attached to an aromatic ring is 1. The second kappa shape index (κ2) is 5.47. The molecule has 0 aromatic carbocycles. The molecule has 0 fully saturated rings. The van der Waals surface area contributed by atoms with Gasteiger partial charge in [0.2, 0.25) is 0 Å². The van der Waals surface area contributed by atoms with Crippen molar-refractivity contribution in [2.75, 3.05) is 11.1 Å². The third-order valence-corrected chi connectivity index (χ3v) is 2.41. The van der Waals surface area contributed by atoms with Crippen molar-refractivity contribution in [2.45, 2.75) is 26.7 Å². The van der Waals surface area contributed by atoms with E-state index in [4.69, 9.17) is 10.3 Å². The van der Waals surface area contributed by atoms with Gasteiger partial charge in [-0.15, -0.1) is 0 Å². The molecule has 1 amide bonds. The van der Waals surface area contributed by atoms with Gasteiger partial charge in [0.05, 0.1) is 0 Å². The molecular weight excluding hydrogens is 246 g/mol. The number of aromatic nitrogens is 3. The highest BCUT2D eigenvalue weighted by Gasteiger charge is 2.12. The molecule has 0 aliphatic heterocycles. The van der Waals surface area contributed by atoms with Gasteiger partial charge in [-0.1, -0.05) is 18.5 Å². The number of amides is 1. The summed E-state index contributed by atoms with van der Waals surface area (Å²) >= 11 is 0. The lowest BCUT2D eigenvalue weighted by molar-refractivity contribution is 0.102. The Morgan fingerprint density at radius 2 is 2.21 bits per heavy atom. The Bertz CT molecular complexity index is 594. The molecule has 0 spiro atoms. The quantitative estimate of drug-likeness (QED) is 0.864. The van der Waals surface area contributed by atoms with Gasteiger partial charge in [0.15, 0.2) is 5.82 Å². The van der Waals surface area contributed by atoms with Crippen LogP contribution in [0.1, 0.15) is 35.2 Å². The van der Waals surface area contributed by atoms with Crippen molar-refractivity contribution >= 4 is 17.7 Å². The molecule has 0 saturated heterocycles. The van der Waals surface area contributed by atoms with Crippen LogP contribution in [-0.4, -0.2) is 21.0 Å². The highest BCUT2D eigenvalue weighted by Crippen LogP contribution is 2.12. The summed E-state index contributed by atoms with van der Waals surface area (Å²) in [5.41, 5.74) is 6.89. The molecular formula is C12H15N5O2. The second-order valence-electron chi connectivity index (χ2n) is 4.12. The first-order valence-electron chi connectivity index (χ1n) is 5.96. The SMILES string of the molecule is CCCc1cc(C(=O)Nc2nc(C)no2)cc(N)n1. The number of hydrogen-bond donors (Lipinski definition) is 2. The predicted molar refractivity (Wildman–Crippen MR) is 69.6 cm³/mol. The second-order valence-corrected chi connectivity index (χ2v) is 4.12. The van der Waals surface area contributed by atoms with Gasteiger partial charge in [0.25, 0.3) is 5.91 Å². The van der Waals surface area contributed by atoms with Crippen LogP contribution in [0.25, 0.3) is 0 Å². The zero-order valence-electron chi connectivity index (χ0n) is 10.8. The molecule has 19 heavy (non-hydrogen) atoms. The number of nitrogens with two attached hydrogens (primary N) is 1. The van der Waals surface area contributed by atoms with Crippen LogP contribution in [0, 0.1) is 6.92 Å². The van der Waals surface area contributed by atoms with Crippen LogP contribution in [0.3, 0.4) is 0 Å². The number of nitrogens with zero attached hydrogens (tertiary/aromatic N) is 3. The van der Waals surface area contributed by atoms with E-state index in [9.17, 15) is 4.79 Å². The Morgan fingerprint density at radius 1 is 1.42 bits per heavy atom. The fraction of sp³-hybridized carbons (Fsp3) is 0.333. The summed E-state index contributed by atoms with van der Waals surface area (Å²) < 4.78 is 4.82. The van der Waals surface area contributed by atoms with Crippen LogP contribution in [0.2, 0.25) is 0 Å². The lowest BCUT2D eigenvalue weighted by Gasteiger charge is -2.05. The minimum atomic E-state index is -0.352. The van der Waals surface area contributed by atoms with E-state index in [0.717, 1.165) is 18.5 Å². The first-order chi connectivity index (χ1) is 9.08. The van der Waals surface area contributed by atoms with Crippen molar-refractivity contribution < 1.29 is 9.32 Å². The van der Waals surface area contributed by atoms with Gasteiger partial charge in [-0.2, -0.15) is 4.98 Å². The molecule has 0 unspecified atom stereocenters. The van der Waals surface area contributed by atoms with Crippen LogP contribution in [0.5, 0.6) is 0 Å². The third-order valence-electron chi connectivity index (χ3n) is 2.41. The van der Waals surface area contributed by atoms with Crippen LogP contribution in [0.15, 0.2) is 16.7 Å². The average molecular weight is 261 g/mol. The van der Waals surface area contributed by atoms with Crippen LogP contribution in [0.4, 0.5) is 11.8 Å². The van der Waals surface area contributed by atoms with Gasteiger partial charge < -0.3 is 10.3 Å². The van der Waals surface area contributed by atoms with Crippen molar-refractivity contribution in [3.8, 4) is 0 Å². The normalized spacial score (nSPS) is 10.4. The molecule has 0 radical (unpaired) electrons. The maximum absolute atomic E-state index is 12.0. The van der Waals surface area contributed by atoms with E-state index in [-0.39, 0.29) is 11.9 Å². The summed E-state index contributed by atoms with van der Waals surface area (Å²) in [6, 6.07) is 3.28. The maximum Gasteiger partial charge on any atom is 0.328 e. The molecule has 2 rings (SSSR count). The molecule has 0 aliphatic carbocycles. The summed E-state index contributed by atoms with van der Waals surface area (Å²) in [5, 5.41) is 6.10. The van der Waals surface area contributed by atoms with E-state index in [1.54, 1.807) is 13.0 Å². The van der Waals surface area contributed by atoms with Gasteiger partial charge in [-0.05, 0) is 25.5 Å². The number of nitrogens with one attached hydrogen (secondary N) is 1. The molecule has 7 nitrogen and oxygen atoms in total. The minimum absolute atomic E-state index is 0.0647. The Labute approximate surface area is 110 Å². The Morgan fingerprint density at radius 3 is 2.84 bits per heavy atom. The highest BCUT2D eigenvalue weighted by atomic mass is 16.5. The fourth-order valence-electron chi connectivity index (χ4n) is 1.64. The molecule has 2 aromatic rings. The number of anilines is 2. The highest BCUT2D eigenvalue weighted by molar-refractivity contribution is 6.03. The van der Waals surface area contributed by atoms with E-state index in [2.05, 4.69) is 20.4 Å². The molecule has 0 aliphatic rings. The Balaban J connectivity index is 2.18. The lowest BCUT2D eigenvalue weighted by Crippen LogP contribution is -2.13. The molecule has 100 valence electrons. The number of hydrogen-bond acceptors (Lipinski definition) is 6. The number of carbonyl (C=O) groups is 1. The van der Waals surface area contributed by atoms with Crippen molar-refractivity contribution in [2.24, 2.45) is 0 Å². The molecule has 0 saturated carbocycles. The topological polar surface area (TPSA) is 107 Å². The van der Waals surface area contributed by atoms with Crippen molar-refractivity contribution in [3.05, 3.63) is 29.2 Å². The summed E-state index contributed by atoms with van der Waals surface area (Å²) in [6.07, 6.45) is 1.70. The van der Waals surface area contributed by atoms with Crippen molar-refractivity contribution in [1.82, 2.24) is 15.1 Å². The number of carbonyl (C=O) groups excluding carboxylic acids is 1. The first-order valence-corrected chi connectivity index (χ1v) is 5.96. The van der Waals surface area contributed by atoms with E-state index in [0.29, 0.717) is 17.2 Å². The van der Waals surface area contributed by atoms with Crippen LogP contribution in [-0.2, 0) is 6.42 Å². The van der Waals surface area contributed by atoms with E-state index in [1.165, 1.54) is 6.07 Å². The molecule has 2 heterocycles. The maximum atomic E-state index is 12.0. The zero-order valence-corrected chi connectivity index (χ0v) is 10.8. The van der Waals surface area contributed by atoms with Crippen molar-refractivity contribution in [3.63, 3.8) is 0 Å². The summed E-state index contributed by atoms with van der Waals surface area (Å²) in [6.45, 7) is 3.70. The standard InChI is InChI=1S/C12H15N5O2/c1-3-4-9-5-8(6-10(13)15-9)11(18)16-12-14-7(2)17-19-12/h5-6H,3-4H2,1-2H3,(H2,13,15)(H,14,16,17,18). The third kappa shape index (κ3) is 3.27. The average Bonchev–Trinajstić information content (AvgIpc) is 2.74. The minimum Gasteiger partial charge on any atom is -0.384 e. The van der Waals surface area contributed by atoms with E-state index in [1.807, 2.05) is 6.92 Å². The number of rotatable bonds is 4. The first kappa shape index (κ1) is 13.0. The molecule has 3 N–H and O–H groups in total. The fourth-order valence-corrected chi connectivity index (χ4v) is 1.64. The van der Waals surface area contributed by atoms with Gasteiger partial charge in [-0.25, -0.2) is 4.98 Å².